The molecular weight excluding hydrogens is 378 g/mol. The summed E-state index contributed by atoms with van der Waals surface area (Å²) < 4.78 is 30.8. The third kappa shape index (κ3) is 3.87. The Hall–Kier alpha value is -1.64. The Morgan fingerprint density at radius 2 is 2.23 bits per heavy atom. The van der Waals surface area contributed by atoms with E-state index in [1.165, 1.54) is 0 Å². The third-order valence-corrected chi connectivity index (χ3v) is 6.61. The van der Waals surface area contributed by atoms with Gasteiger partial charge >= 0.3 is 0 Å². The Balaban J connectivity index is 0.00000196. The quantitative estimate of drug-likeness (QED) is 0.843. The first-order chi connectivity index (χ1) is 12.0. The number of pyridine rings is 1. The van der Waals surface area contributed by atoms with E-state index in [1.54, 1.807) is 6.20 Å². The first kappa shape index (κ1) is 19.1. The Morgan fingerprint density at radius 1 is 1.38 bits per heavy atom. The minimum atomic E-state index is -3.01. The summed E-state index contributed by atoms with van der Waals surface area (Å²) in [5.74, 6) is -0.0146. The summed E-state index contributed by atoms with van der Waals surface area (Å²) in [6.07, 6.45) is 4.11. The number of aromatic nitrogens is 2. The van der Waals surface area contributed by atoms with Crippen molar-refractivity contribution in [2.75, 3.05) is 18.1 Å². The minimum absolute atomic E-state index is 0. The number of carbonyl (C=O) groups excluding carboxylic acids is 1. The summed E-state index contributed by atoms with van der Waals surface area (Å²) in [5, 5.41) is 3.82. The molecule has 2 aliphatic rings. The first-order valence-corrected chi connectivity index (χ1v) is 10.4. The van der Waals surface area contributed by atoms with E-state index in [-0.39, 0.29) is 48.5 Å². The SMILES string of the molecule is Cl.O=C(Cn1c([C@@H]2CCCO2)cc2cccnc21)NC1CCS(=O)(=O)C1. The van der Waals surface area contributed by atoms with Gasteiger partial charge in [0.25, 0.3) is 0 Å². The lowest BCUT2D eigenvalue weighted by atomic mass is 10.2. The summed E-state index contributed by atoms with van der Waals surface area (Å²) in [5.41, 5.74) is 1.71. The lowest BCUT2D eigenvalue weighted by Gasteiger charge is -2.16. The fraction of sp³-hybridized carbons (Fsp3) is 0.529. The number of hydrogen-bond acceptors (Lipinski definition) is 5. The predicted molar refractivity (Wildman–Crippen MR) is 100 cm³/mol. The number of ether oxygens (including phenoxy) is 1. The molecule has 2 fully saturated rings. The second-order valence-electron chi connectivity index (χ2n) is 6.74. The van der Waals surface area contributed by atoms with Crippen molar-refractivity contribution in [2.24, 2.45) is 0 Å². The fourth-order valence-corrected chi connectivity index (χ4v) is 5.35. The lowest BCUT2D eigenvalue weighted by molar-refractivity contribution is -0.122. The number of sulfone groups is 1. The van der Waals surface area contributed by atoms with Gasteiger partial charge in [-0.25, -0.2) is 13.4 Å². The first-order valence-electron chi connectivity index (χ1n) is 8.57. The summed E-state index contributed by atoms with van der Waals surface area (Å²) in [6, 6.07) is 5.58. The molecule has 4 heterocycles. The van der Waals surface area contributed by atoms with Crippen LogP contribution < -0.4 is 5.32 Å². The summed E-state index contributed by atoms with van der Waals surface area (Å²) >= 11 is 0. The smallest absolute Gasteiger partial charge is 0.240 e. The summed E-state index contributed by atoms with van der Waals surface area (Å²) in [6.45, 7) is 0.845. The molecule has 2 aromatic rings. The van der Waals surface area contributed by atoms with Crippen molar-refractivity contribution in [1.82, 2.24) is 14.9 Å². The van der Waals surface area contributed by atoms with E-state index < -0.39 is 9.84 Å². The van der Waals surface area contributed by atoms with Gasteiger partial charge in [0.15, 0.2) is 9.84 Å². The molecule has 26 heavy (non-hydrogen) atoms. The molecule has 2 saturated heterocycles. The van der Waals surface area contributed by atoms with Crippen LogP contribution in [-0.4, -0.2) is 48.0 Å². The van der Waals surface area contributed by atoms with Crippen LogP contribution in [0.2, 0.25) is 0 Å². The van der Waals surface area contributed by atoms with E-state index in [1.807, 2.05) is 22.8 Å². The number of rotatable bonds is 4. The Morgan fingerprint density at radius 3 is 2.92 bits per heavy atom. The number of amides is 1. The molecule has 0 saturated carbocycles. The number of carbonyl (C=O) groups is 1. The van der Waals surface area contributed by atoms with Gasteiger partial charge in [-0.1, -0.05) is 0 Å². The lowest BCUT2D eigenvalue weighted by Crippen LogP contribution is -2.38. The van der Waals surface area contributed by atoms with Crippen LogP contribution in [0, 0.1) is 0 Å². The highest BCUT2D eigenvalue weighted by atomic mass is 35.5. The van der Waals surface area contributed by atoms with Crippen LogP contribution in [0.25, 0.3) is 11.0 Å². The van der Waals surface area contributed by atoms with Crippen LogP contribution in [0.4, 0.5) is 0 Å². The number of fused-ring (bicyclic) bond motifs is 1. The van der Waals surface area contributed by atoms with Gasteiger partial charge < -0.3 is 14.6 Å². The van der Waals surface area contributed by atoms with Crippen LogP contribution in [0.15, 0.2) is 24.4 Å². The zero-order valence-electron chi connectivity index (χ0n) is 14.3. The van der Waals surface area contributed by atoms with Crippen molar-refractivity contribution >= 4 is 39.2 Å². The Bertz CT molecular complexity index is 906. The van der Waals surface area contributed by atoms with Crippen molar-refractivity contribution in [3.05, 3.63) is 30.1 Å². The Kier molecular flexibility index (Phi) is 5.55. The average molecular weight is 400 g/mol. The van der Waals surface area contributed by atoms with Gasteiger partial charge in [-0.3, -0.25) is 4.79 Å². The maximum Gasteiger partial charge on any atom is 0.240 e. The van der Waals surface area contributed by atoms with Crippen LogP contribution >= 0.6 is 12.4 Å². The molecule has 9 heteroatoms. The highest BCUT2D eigenvalue weighted by molar-refractivity contribution is 7.91. The monoisotopic (exact) mass is 399 g/mol. The zero-order chi connectivity index (χ0) is 17.4. The van der Waals surface area contributed by atoms with E-state index in [0.29, 0.717) is 6.42 Å². The highest BCUT2D eigenvalue weighted by Crippen LogP contribution is 2.32. The molecule has 0 aliphatic carbocycles. The van der Waals surface area contributed by atoms with Crippen molar-refractivity contribution in [1.29, 1.82) is 0 Å². The van der Waals surface area contributed by atoms with Crippen molar-refractivity contribution in [2.45, 2.75) is 38.0 Å². The molecule has 0 bridgehead atoms. The van der Waals surface area contributed by atoms with Gasteiger partial charge in [0, 0.05) is 29.9 Å². The summed E-state index contributed by atoms with van der Waals surface area (Å²) in [7, 11) is -3.01. The molecule has 2 aliphatic heterocycles. The van der Waals surface area contributed by atoms with E-state index in [2.05, 4.69) is 10.3 Å². The predicted octanol–water partition coefficient (Wildman–Crippen LogP) is 1.61. The maximum absolute atomic E-state index is 12.5. The number of hydrogen-bond donors (Lipinski definition) is 1. The second-order valence-corrected chi connectivity index (χ2v) is 8.97. The van der Waals surface area contributed by atoms with Gasteiger partial charge in [-0.05, 0) is 37.5 Å². The number of halogens is 1. The largest absolute Gasteiger partial charge is 0.372 e. The molecule has 4 rings (SSSR count). The normalized spacial score (nSPS) is 24.5. The third-order valence-electron chi connectivity index (χ3n) is 4.85. The Labute approximate surface area is 158 Å². The average Bonchev–Trinajstić information content (AvgIpc) is 3.27. The van der Waals surface area contributed by atoms with Crippen molar-refractivity contribution in [3.8, 4) is 0 Å². The fourth-order valence-electron chi connectivity index (χ4n) is 3.68. The van der Waals surface area contributed by atoms with Crippen molar-refractivity contribution in [3.63, 3.8) is 0 Å². The standard InChI is InChI=1S/C17H21N3O4S.ClH/c21-16(19-13-5-8-25(22,23)11-13)10-20-14(15-4-2-7-24-15)9-12-3-1-6-18-17(12)20;/h1,3,6,9,13,15H,2,4-5,7-8,10-11H2,(H,19,21);1H/t13?,15-;/m0./s1. The van der Waals surface area contributed by atoms with Gasteiger partial charge in [0.1, 0.15) is 12.2 Å². The second kappa shape index (κ2) is 7.54. The minimum Gasteiger partial charge on any atom is -0.372 e. The van der Waals surface area contributed by atoms with Gasteiger partial charge in [-0.2, -0.15) is 0 Å². The van der Waals surface area contributed by atoms with Gasteiger partial charge in [0.05, 0.1) is 17.6 Å². The molecule has 0 spiro atoms. The molecule has 1 unspecified atom stereocenters. The van der Waals surface area contributed by atoms with Crippen LogP contribution in [-0.2, 0) is 25.9 Å². The van der Waals surface area contributed by atoms with Crippen LogP contribution in [0.3, 0.4) is 0 Å². The molecule has 142 valence electrons. The van der Waals surface area contributed by atoms with E-state index in [4.69, 9.17) is 4.74 Å². The zero-order valence-corrected chi connectivity index (χ0v) is 15.9. The molecule has 2 atom stereocenters. The molecule has 7 nitrogen and oxygen atoms in total. The van der Waals surface area contributed by atoms with Crippen LogP contribution in [0.1, 0.15) is 31.1 Å². The number of nitrogens with zero attached hydrogens (tertiary/aromatic N) is 2. The molecule has 2 aromatic heterocycles. The van der Waals surface area contributed by atoms with E-state index in [9.17, 15) is 13.2 Å². The van der Waals surface area contributed by atoms with Gasteiger partial charge in [0.2, 0.25) is 5.91 Å². The van der Waals surface area contributed by atoms with Crippen LogP contribution in [0.5, 0.6) is 0 Å². The van der Waals surface area contributed by atoms with E-state index >= 15 is 0 Å². The molecule has 1 N–H and O–H groups in total. The molecule has 0 aromatic carbocycles. The molecular formula is C17H22ClN3O4S. The van der Waals surface area contributed by atoms with Crippen molar-refractivity contribution < 1.29 is 17.9 Å². The maximum atomic E-state index is 12.5. The molecule has 1 amide bonds. The number of nitrogens with one attached hydrogen (secondary N) is 1. The molecule has 0 radical (unpaired) electrons. The topological polar surface area (TPSA) is 90.3 Å². The van der Waals surface area contributed by atoms with E-state index in [0.717, 1.165) is 36.2 Å². The highest BCUT2D eigenvalue weighted by Gasteiger charge is 2.30. The summed E-state index contributed by atoms with van der Waals surface area (Å²) in [4.78, 5) is 16.9. The van der Waals surface area contributed by atoms with Gasteiger partial charge in [-0.15, -0.1) is 12.4 Å².